The number of pyridine rings is 1. The van der Waals surface area contributed by atoms with Gasteiger partial charge in [0.1, 0.15) is 11.2 Å². The summed E-state index contributed by atoms with van der Waals surface area (Å²) in [5.41, 5.74) is 6.71. The van der Waals surface area contributed by atoms with Gasteiger partial charge >= 0.3 is 6.18 Å². The quantitative estimate of drug-likeness (QED) is 0.550. The Bertz CT molecular complexity index is 1070. The molecule has 0 aliphatic carbocycles. The lowest BCUT2D eigenvalue weighted by molar-refractivity contribution is -0.137. The zero-order valence-electron chi connectivity index (χ0n) is 12.6. The first-order chi connectivity index (χ1) is 11.9. The smallest absolute Gasteiger partial charge is 0.380 e. The molecule has 2 aromatic carbocycles. The van der Waals surface area contributed by atoms with Gasteiger partial charge in [-0.2, -0.15) is 13.2 Å². The highest BCUT2D eigenvalue weighted by molar-refractivity contribution is 6.11. The summed E-state index contributed by atoms with van der Waals surface area (Å²) in [5, 5.41) is 7.99. The van der Waals surface area contributed by atoms with Crippen molar-refractivity contribution >= 4 is 39.2 Å². The third kappa shape index (κ3) is 2.61. The predicted octanol–water partition coefficient (Wildman–Crippen LogP) is 4.72. The van der Waals surface area contributed by atoms with Gasteiger partial charge in [0.2, 0.25) is 0 Å². The van der Waals surface area contributed by atoms with E-state index in [4.69, 9.17) is 10.3 Å². The van der Waals surface area contributed by atoms with E-state index < -0.39 is 11.7 Å². The van der Waals surface area contributed by atoms with Crippen molar-refractivity contribution in [3.05, 3.63) is 54.1 Å². The van der Waals surface area contributed by atoms with Crippen LogP contribution in [0.5, 0.6) is 0 Å². The van der Waals surface area contributed by atoms with Gasteiger partial charge in [-0.25, -0.2) is 4.98 Å². The van der Waals surface area contributed by atoms with Crippen LogP contribution >= 0.6 is 0 Å². The fourth-order valence-corrected chi connectivity index (χ4v) is 2.62. The molecule has 126 valence electrons. The SMILES string of the molecule is Nc1noc2c1c(Nc1ccc(C(F)(F)F)cc1)nc1ccccc12. The molecular formula is C17H11F3N4O. The highest BCUT2D eigenvalue weighted by Gasteiger charge is 2.30. The molecule has 0 fully saturated rings. The third-order valence-electron chi connectivity index (χ3n) is 3.81. The molecule has 0 saturated heterocycles. The van der Waals surface area contributed by atoms with Gasteiger partial charge in [0, 0.05) is 11.1 Å². The number of nitrogens with zero attached hydrogens (tertiary/aromatic N) is 2. The van der Waals surface area contributed by atoms with Crippen LogP contribution in [-0.2, 0) is 6.18 Å². The Morgan fingerprint density at radius 1 is 1.00 bits per heavy atom. The van der Waals surface area contributed by atoms with Crippen LogP contribution in [0, 0.1) is 0 Å². The number of aromatic nitrogens is 2. The summed E-state index contributed by atoms with van der Waals surface area (Å²) in [7, 11) is 0. The highest BCUT2D eigenvalue weighted by Crippen LogP contribution is 2.35. The van der Waals surface area contributed by atoms with E-state index in [1.807, 2.05) is 18.2 Å². The molecule has 8 heteroatoms. The van der Waals surface area contributed by atoms with Crippen molar-refractivity contribution in [2.24, 2.45) is 0 Å². The average Bonchev–Trinajstić information content (AvgIpc) is 2.97. The van der Waals surface area contributed by atoms with E-state index in [0.717, 1.165) is 17.5 Å². The van der Waals surface area contributed by atoms with Crippen LogP contribution in [0.2, 0.25) is 0 Å². The number of hydrogen-bond acceptors (Lipinski definition) is 5. The summed E-state index contributed by atoms with van der Waals surface area (Å²) in [4.78, 5) is 4.49. The maximum Gasteiger partial charge on any atom is 0.416 e. The van der Waals surface area contributed by atoms with Crippen LogP contribution in [-0.4, -0.2) is 10.1 Å². The van der Waals surface area contributed by atoms with Crippen molar-refractivity contribution < 1.29 is 17.7 Å². The van der Waals surface area contributed by atoms with Crippen LogP contribution in [0.25, 0.3) is 21.9 Å². The normalized spacial score (nSPS) is 12.0. The Balaban J connectivity index is 1.81. The molecule has 0 spiro atoms. The van der Waals surface area contributed by atoms with Crippen molar-refractivity contribution in [1.29, 1.82) is 0 Å². The zero-order valence-corrected chi connectivity index (χ0v) is 12.6. The minimum atomic E-state index is -4.38. The van der Waals surface area contributed by atoms with Gasteiger partial charge in [0.05, 0.1) is 11.1 Å². The number of fused-ring (bicyclic) bond motifs is 3. The van der Waals surface area contributed by atoms with Crippen LogP contribution in [0.1, 0.15) is 5.56 Å². The summed E-state index contributed by atoms with van der Waals surface area (Å²) >= 11 is 0. The van der Waals surface area contributed by atoms with Crippen molar-refractivity contribution in [3.8, 4) is 0 Å². The lowest BCUT2D eigenvalue weighted by atomic mass is 10.1. The number of benzene rings is 2. The maximum atomic E-state index is 12.7. The molecule has 0 aliphatic heterocycles. The summed E-state index contributed by atoms with van der Waals surface area (Å²) in [6.45, 7) is 0. The van der Waals surface area contributed by atoms with Crippen LogP contribution in [0.4, 0.5) is 30.5 Å². The minimum Gasteiger partial charge on any atom is -0.380 e. The molecule has 0 unspecified atom stereocenters. The first-order valence-electron chi connectivity index (χ1n) is 7.31. The standard InChI is InChI=1S/C17H11F3N4O/c18-17(19,20)9-5-7-10(8-6-9)22-16-13-14(25-24-15(13)21)11-3-1-2-4-12(11)23-16/h1-8H,(H2,21,24)(H,22,23). The van der Waals surface area contributed by atoms with Crippen molar-refractivity contribution in [2.75, 3.05) is 11.1 Å². The van der Waals surface area contributed by atoms with Gasteiger partial charge in [-0.3, -0.25) is 0 Å². The fourth-order valence-electron chi connectivity index (χ4n) is 2.62. The summed E-state index contributed by atoms with van der Waals surface area (Å²) in [6, 6.07) is 11.9. The number of nitrogen functional groups attached to an aromatic ring is 1. The van der Waals surface area contributed by atoms with Crippen LogP contribution in [0.15, 0.2) is 53.1 Å². The minimum absolute atomic E-state index is 0.155. The molecule has 0 atom stereocenters. The molecule has 4 rings (SSSR count). The molecule has 0 bridgehead atoms. The van der Waals surface area contributed by atoms with Gasteiger partial charge in [-0.05, 0) is 36.4 Å². The first kappa shape index (κ1) is 15.3. The van der Waals surface area contributed by atoms with Gasteiger partial charge in [-0.1, -0.05) is 17.3 Å². The molecule has 3 N–H and O–H groups in total. The molecule has 2 heterocycles. The van der Waals surface area contributed by atoms with E-state index in [2.05, 4.69) is 15.5 Å². The lowest BCUT2D eigenvalue weighted by Crippen LogP contribution is -2.04. The molecule has 2 aromatic heterocycles. The number of anilines is 3. The molecule has 0 radical (unpaired) electrons. The largest absolute Gasteiger partial charge is 0.416 e. The number of nitrogens with two attached hydrogens (primary N) is 1. The maximum absolute atomic E-state index is 12.7. The van der Waals surface area contributed by atoms with E-state index >= 15 is 0 Å². The Morgan fingerprint density at radius 3 is 2.44 bits per heavy atom. The Morgan fingerprint density at radius 2 is 1.72 bits per heavy atom. The van der Waals surface area contributed by atoms with Crippen LogP contribution in [0.3, 0.4) is 0 Å². The van der Waals surface area contributed by atoms with Crippen LogP contribution < -0.4 is 11.1 Å². The molecule has 0 saturated carbocycles. The fraction of sp³-hybridized carbons (Fsp3) is 0.0588. The van der Waals surface area contributed by atoms with E-state index in [1.54, 1.807) is 6.07 Å². The number of hydrogen-bond donors (Lipinski definition) is 2. The highest BCUT2D eigenvalue weighted by atomic mass is 19.4. The van der Waals surface area contributed by atoms with Crippen molar-refractivity contribution in [3.63, 3.8) is 0 Å². The number of halogens is 3. The van der Waals surface area contributed by atoms with Gasteiger partial charge < -0.3 is 15.6 Å². The van der Waals surface area contributed by atoms with Gasteiger partial charge in [0.25, 0.3) is 0 Å². The van der Waals surface area contributed by atoms with E-state index in [9.17, 15) is 13.2 Å². The topological polar surface area (TPSA) is 77.0 Å². The summed E-state index contributed by atoms with van der Waals surface area (Å²) < 4.78 is 43.3. The zero-order chi connectivity index (χ0) is 17.6. The number of rotatable bonds is 2. The Labute approximate surface area is 139 Å². The van der Waals surface area contributed by atoms with Crippen molar-refractivity contribution in [1.82, 2.24) is 10.1 Å². The molecule has 0 aliphatic rings. The summed E-state index contributed by atoms with van der Waals surface area (Å²) in [5.74, 6) is 0.523. The average molecular weight is 344 g/mol. The second-order valence-corrected chi connectivity index (χ2v) is 5.45. The summed E-state index contributed by atoms with van der Waals surface area (Å²) in [6.07, 6.45) is -4.38. The van der Waals surface area contributed by atoms with Gasteiger partial charge in [-0.15, -0.1) is 0 Å². The predicted molar refractivity (Wildman–Crippen MR) is 88.4 cm³/mol. The Kier molecular flexibility index (Phi) is 3.28. The molecule has 5 nitrogen and oxygen atoms in total. The molecular weight excluding hydrogens is 333 g/mol. The second kappa shape index (κ2) is 5.37. The second-order valence-electron chi connectivity index (χ2n) is 5.45. The first-order valence-corrected chi connectivity index (χ1v) is 7.31. The van der Waals surface area contributed by atoms with Gasteiger partial charge in [0.15, 0.2) is 11.4 Å². The lowest BCUT2D eigenvalue weighted by Gasteiger charge is -2.10. The number of nitrogens with one attached hydrogen (secondary N) is 1. The third-order valence-corrected chi connectivity index (χ3v) is 3.81. The van der Waals surface area contributed by atoms with E-state index in [-0.39, 0.29) is 5.82 Å². The van der Waals surface area contributed by atoms with Crippen molar-refractivity contribution in [2.45, 2.75) is 6.18 Å². The Hall–Kier alpha value is -3.29. The molecule has 25 heavy (non-hydrogen) atoms. The number of para-hydroxylation sites is 1. The molecule has 0 amide bonds. The monoisotopic (exact) mass is 344 g/mol. The number of alkyl halides is 3. The molecule has 4 aromatic rings. The van der Waals surface area contributed by atoms with E-state index in [0.29, 0.717) is 28.0 Å². The van der Waals surface area contributed by atoms with E-state index in [1.165, 1.54) is 12.1 Å².